The van der Waals surface area contributed by atoms with Crippen LogP contribution in [0.15, 0.2) is 18.2 Å². The van der Waals surface area contributed by atoms with E-state index >= 15 is 0 Å². The molecule has 0 aliphatic carbocycles. The lowest BCUT2D eigenvalue weighted by Gasteiger charge is -2.05. The van der Waals surface area contributed by atoms with Crippen LogP contribution in [0.2, 0.25) is 0 Å². The molecular weight excluding hydrogens is 295 g/mol. The Hall–Kier alpha value is -2.16. The average Bonchev–Trinajstić information content (AvgIpc) is 2.79. The van der Waals surface area contributed by atoms with Crippen LogP contribution in [-0.4, -0.2) is 21.3 Å². The number of halogens is 3. The highest BCUT2D eigenvalue weighted by molar-refractivity contribution is 7.15. The van der Waals surface area contributed by atoms with Crippen LogP contribution in [0.3, 0.4) is 0 Å². The number of aromatic nitrogens is 2. The summed E-state index contributed by atoms with van der Waals surface area (Å²) in [6.07, 6.45) is -4.54. The predicted octanol–water partition coefficient (Wildman–Crippen LogP) is 3.31. The summed E-state index contributed by atoms with van der Waals surface area (Å²) in [5.74, 6) is -1.11. The first kappa shape index (κ1) is 14.3. The van der Waals surface area contributed by atoms with Gasteiger partial charge >= 0.3 is 12.1 Å². The number of alkyl halides is 3. The Kier molecular flexibility index (Phi) is 3.62. The van der Waals surface area contributed by atoms with Gasteiger partial charge in [-0.1, -0.05) is 17.4 Å². The summed E-state index contributed by atoms with van der Waals surface area (Å²) >= 11 is 0.347. The molecule has 0 saturated carbocycles. The average molecular weight is 303 g/mol. The summed E-state index contributed by atoms with van der Waals surface area (Å²) in [5, 5.41) is 16.8. The second-order valence-corrected chi connectivity index (χ2v) is 4.85. The monoisotopic (exact) mass is 303 g/mol. The molecule has 106 valence electrons. The summed E-state index contributed by atoms with van der Waals surface area (Å²) in [6.45, 7) is 1.62. The van der Waals surface area contributed by atoms with E-state index in [1.807, 2.05) is 0 Å². The van der Waals surface area contributed by atoms with Crippen LogP contribution >= 0.6 is 11.3 Å². The standard InChI is InChI=1S/C11H8F3N3O2S/c1-5-2-3-6(4-7(5)8(18)19)15-10-17-16-9(20-10)11(12,13)14/h2-4H,1H3,(H,15,17)(H,18,19). The summed E-state index contributed by atoms with van der Waals surface area (Å²) in [4.78, 5) is 11.0. The van der Waals surface area contributed by atoms with Gasteiger partial charge in [0.15, 0.2) is 0 Å². The fourth-order valence-corrected chi connectivity index (χ4v) is 2.07. The summed E-state index contributed by atoms with van der Waals surface area (Å²) in [5.41, 5.74) is 0.949. The van der Waals surface area contributed by atoms with E-state index in [4.69, 9.17) is 5.11 Å². The lowest BCUT2D eigenvalue weighted by molar-refractivity contribution is -0.138. The van der Waals surface area contributed by atoms with Crippen LogP contribution in [0.25, 0.3) is 0 Å². The van der Waals surface area contributed by atoms with Crippen LogP contribution in [0, 0.1) is 6.92 Å². The van der Waals surface area contributed by atoms with Crippen molar-refractivity contribution in [1.29, 1.82) is 0 Å². The highest BCUT2D eigenvalue weighted by Gasteiger charge is 2.35. The summed E-state index contributed by atoms with van der Waals surface area (Å²) in [6, 6.07) is 4.43. The quantitative estimate of drug-likeness (QED) is 0.910. The van der Waals surface area contributed by atoms with Crippen molar-refractivity contribution in [1.82, 2.24) is 10.2 Å². The Morgan fingerprint density at radius 3 is 2.60 bits per heavy atom. The number of carbonyl (C=O) groups is 1. The van der Waals surface area contributed by atoms with Gasteiger partial charge in [-0.25, -0.2) is 4.79 Å². The van der Waals surface area contributed by atoms with E-state index in [1.165, 1.54) is 6.07 Å². The number of aromatic carboxylic acids is 1. The molecule has 5 nitrogen and oxygen atoms in total. The zero-order valence-electron chi connectivity index (χ0n) is 10.0. The molecule has 2 aromatic rings. The zero-order valence-corrected chi connectivity index (χ0v) is 10.8. The fraction of sp³-hybridized carbons (Fsp3) is 0.182. The Morgan fingerprint density at radius 1 is 1.35 bits per heavy atom. The maximum absolute atomic E-state index is 12.4. The molecule has 1 heterocycles. The lowest BCUT2D eigenvalue weighted by Crippen LogP contribution is -2.03. The van der Waals surface area contributed by atoms with Gasteiger partial charge in [-0.05, 0) is 24.6 Å². The van der Waals surface area contributed by atoms with Gasteiger partial charge in [0.25, 0.3) is 0 Å². The van der Waals surface area contributed by atoms with Gasteiger partial charge in [-0.2, -0.15) is 13.2 Å². The molecule has 0 aliphatic rings. The Morgan fingerprint density at radius 2 is 2.05 bits per heavy atom. The van der Waals surface area contributed by atoms with Crippen LogP contribution in [-0.2, 0) is 6.18 Å². The number of carboxylic acids is 1. The van der Waals surface area contributed by atoms with Crippen molar-refractivity contribution in [3.05, 3.63) is 34.3 Å². The lowest BCUT2D eigenvalue weighted by atomic mass is 10.1. The van der Waals surface area contributed by atoms with E-state index in [1.54, 1.807) is 19.1 Å². The third kappa shape index (κ3) is 3.05. The van der Waals surface area contributed by atoms with Gasteiger partial charge in [0.2, 0.25) is 10.1 Å². The second kappa shape index (κ2) is 5.08. The topological polar surface area (TPSA) is 75.1 Å². The van der Waals surface area contributed by atoms with Crippen molar-refractivity contribution in [3.63, 3.8) is 0 Å². The Labute approximate surface area is 115 Å². The van der Waals surface area contributed by atoms with Crippen molar-refractivity contribution in [2.24, 2.45) is 0 Å². The molecule has 0 saturated heterocycles. The molecule has 1 aromatic heterocycles. The van der Waals surface area contributed by atoms with Gasteiger partial charge in [0.05, 0.1) is 5.56 Å². The molecule has 0 bridgehead atoms. The van der Waals surface area contributed by atoms with Gasteiger partial charge in [-0.3, -0.25) is 0 Å². The van der Waals surface area contributed by atoms with E-state index in [-0.39, 0.29) is 10.7 Å². The zero-order chi connectivity index (χ0) is 14.9. The number of benzene rings is 1. The van der Waals surface area contributed by atoms with Crippen molar-refractivity contribution in [2.75, 3.05) is 5.32 Å². The van der Waals surface area contributed by atoms with E-state index in [0.717, 1.165) is 0 Å². The maximum Gasteiger partial charge on any atom is 0.445 e. The van der Waals surface area contributed by atoms with Crippen molar-refractivity contribution < 1.29 is 23.1 Å². The Bertz CT molecular complexity index is 655. The molecular formula is C11H8F3N3O2S. The number of hydrogen-bond donors (Lipinski definition) is 2. The molecule has 0 radical (unpaired) electrons. The number of nitrogens with one attached hydrogen (secondary N) is 1. The molecule has 2 rings (SSSR count). The molecule has 0 fully saturated rings. The smallest absolute Gasteiger partial charge is 0.445 e. The molecule has 0 aliphatic heterocycles. The molecule has 9 heteroatoms. The minimum atomic E-state index is -4.54. The van der Waals surface area contributed by atoms with Crippen LogP contribution in [0.5, 0.6) is 0 Å². The van der Waals surface area contributed by atoms with Gasteiger partial charge in [0, 0.05) is 5.69 Å². The van der Waals surface area contributed by atoms with E-state index in [2.05, 4.69) is 15.5 Å². The predicted molar refractivity (Wildman–Crippen MR) is 66.3 cm³/mol. The second-order valence-electron chi connectivity index (χ2n) is 3.87. The summed E-state index contributed by atoms with van der Waals surface area (Å²) < 4.78 is 37.1. The molecule has 2 N–H and O–H groups in total. The van der Waals surface area contributed by atoms with Crippen LogP contribution in [0.4, 0.5) is 24.0 Å². The summed E-state index contributed by atoms with van der Waals surface area (Å²) in [7, 11) is 0. The van der Waals surface area contributed by atoms with Crippen molar-refractivity contribution in [2.45, 2.75) is 13.1 Å². The number of nitrogens with zero attached hydrogens (tertiary/aromatic N) is 2. The molecule has 20 heavy (non-hydrogen) atoms. The fourth-order valence-electron chi connectivity index (χ4n) is 1.44. The maximum atomic E-state index is 12.4. The first-order chi connectivity index (χ1) is 9.27. The van der Waals surface area contributed by atoms with E-state index < -0.39 is 17.2 Å². The number of anilines is 2. The van der Waals surface area contributed by atoms with Gasteiger partial charge in [0.1, 0.15) is 0 Å². The molecule has 1 aromatic carbocycles. The number of carboxylic acid groups (broad SMARTS) is 1. The first-order valence-corrected chi connectivity index (χ1v) is 6.10. The number of hydrogen-bond acceptors (Lipinski definition) is 5. The third-order valence-electron chi connectivity index (χ3n) is 2.39. The molecule has 0 spiro atoms. The number of rotatable bonds is 3. The van der Waals surface area contributed by atoms with Crippen LogP contribution in [0.1, 0.15) is 20.9 Å². The van der Waals surface area contributed by atoms with Gasteiger partial charge in [-0.15, -0.1) is 10.2 Å². The van der Waals surface area contributed by atoms with Crippen LogP contribution < -0.4 is 5.32 Å². The van der Waals surface area contributed by atoms with E-state index in [0.29, 0.717) is 22.6 Å². The minimum Gasteiger partial charge on any atom is -0.478 e. The molecule has 0 unspecified atom stereocenters. The van der Waals surface area contributed by atoms with Crippen molar-refractivity contribution >= 4 is 28.1 Å². The largest absolute Gasteiger partial charge is 0.478 e. The highest BCUT2D eigenvalue weighted by Crippen LogP contribution is 2.34. The molecule has 0 atom stereocenters. The minimum absolute atomic E-state index is 0.0579. The number of aryl methyl sites for hydroxylation is 1. The van der Waals surface area contributed by atoms with E-state index in [9.17, 15) is 18.0 Å². The third-order valence-corrected chi connectivity index (χ3v) is 3.27. The molecule has 0 amide bonds. The van der Waals surface area contributed by atoms with Gasteiger partial charge < -0.3 is 10.4 Å². The highest BCUT2D eigenvalue weighted by atomic mass is 32.1. The first-order valence-electron chi connectivity index (χ1n) is 5.29. The van der Waals surface area contributed by atoms with Crippen molar-refractivity contribution in [3.8, 4) is 0 Å². The normalized spacial score (nSPS) is 11.4. The Balaban J connectivity index is 2.24. The SMILES string of the molecule is Cc1ccc(Nc2nnc(C(F)(F)F)s2)cc1C(=O)O.